The molecule has 2 aromatic rings. The highest BCUT2D eigenvalue weighted by Gasteiger charge is 2.11. The van der Waals surface area contributed by atoms with Gasteiger partial charge in [-0.1, -0.05) is 23.3 Å². The topological polar surface area (TPSA) is 63.0 Å². The molecule has 2 N–H and O–H groups in total. The minimum absolute atomic E-state index is 0.00891. The lowest BCUT2D eigenvalue weighted by Gasteiger charge is -2.04. The molecule has 0 spiro atoms. The Morgan fingerprint density at radius 2 is 2.11 bits per heavy atom. The molecule has 0 aliphatic carbocycles. The van der Waals surface area contributed by atoms with Gasteiger partial charge >= 0.3 is 6.01 Å². The fraction of sp³-hybridized carbons (Fsp3) is 0.385. The molecule has 0 aliphatic rings. The van der Waals surface area contributed by atoms with Crippen LogP contribution in [0.5, 0.6) is 0 Å². The number of nitrogens with one attached hydrogen (secondary N) is 2. The molecule has 1 aromatic heterocycles. The Bertz CT molecular complexity index is 529. The average Bonchev–Trinajstić information content (AvgIpc) is 2.89. The van der Waals surface area contributed by atoms with Gasteiger partial charge in [0.1, 0.15) is 5.82 Å². The minimum atomic E-state index is -0.195. The molecule has 0 saturated heterocycles. The number of benzene rings is 1. The molecule has 0 fully saturated rings. The number of hydrogen-bond acceptors (Lipinski definition) is 5. The van der Waals surface area contributed by atoms with Gasteiger partial charge in [-0.2, -0.15) is 0 Å². The van der Waals surface area contributed by atoms with E-state index in [1.165, 1.54) is 6.07 Å². The third-order valence-corrected chi connectivity index (χ3v) is 2.87. The third-order valence-electron chi connectivity index (χ3n) is 2.87. The number of nitrogens with zero attached hydrogens (tertiary/aromatic N) is 2. The normalized spacial score (nSPS) is 12.4. The number of hydrogen-bond donors (Lipinski definition) is 2. The average molecular weight is 264 g/mol. The highest BCUT2D eigenvalue weighted by atomic mass is 19.1. The lowest BCUT2D eigenvalue weighted by molar-refractivity contribution is 0.441. The van der Waals surface area contributed by atoms with Gasteiger partial charge < -0.3 is 15.1 Å². The molecular weight excluding hydrogens is 247 g/mol. The molecular formula is C13H17FN4O. The maximum Gasteiger partial charge on any atom is 0.315 e. The smallest absolute Gasteiger partial charge is 0.315 e. The molecule has 1 heterocycles. The van der Waals surface area contributed by atoms with Crippen LogP contribution in [0.15, 0.2) is 28.7 Å². The number of anilines is 1. The predicted octanol–water partition coefficient (Wildman–Crippen LogP) is 2.14. The van der Waals surface area contributed by atoms with Crippen molar-refractivity contribution in [2.45, 2.75) is 19.4 Å². The van der Waals surface area contributed by atoms with E-state index in [9.17, 15) is 4.39 Å². The van der Waals surface area contributed by atoms with E-state index in [4.69, 9.17) is 4.42 Å². The zero-order valence-electron chi connectivity index (χ0n) is 11.0. The minimum Gasteiger partial charge on any atom is -0.406 e. The van der Waals surface area contributed by atoms with Crippen molar-refractivity contribution in [2.75, 3.05) is 18.9 Å². The van der Waals surface area contributed by atoms with E-state index in [0.717, 1.165) is 0 Å². The molecule has 0 amide bonds. The fourth-order valence-corrected chi connectivity index (χ4v) is 1.61. The lowest BCUT2D eigenvalue weighted by Crippen LogP contribution is -2.12. The van der Waals surface area contributed by atoms with E-state index in [0.29, 0.717) is 30.4 Å². The molecule has 5 nitrogen and oxygen atoms in total. The Labute approximate surface area is 111 Å². The van der Waals surface area contributed by atoms with Gasteiger partial charge in [0.2, 0.25) is 5.89 Å². The largest absolute Gasteiger partial charge is 0.406 e. The Kier molecular flexibility index (Phi) is 4.46. The highest BCUT2D eigenvalue weighted by Crippen LogP contribution is 2.13. The first-order valence-corrected chi connectivity index (χ1v) is 6.18. The number of aromatic nitrogens is 2. The SMILES string of the molecule is CNC(C)c1nnc(NCCc2ccccc2F)o1. The number of halogens is 1. The Morgan fingerprint density at radius 1 is 1.32 bits per heavy atom. The maximum absolute atomic E-state index is 13.4. The summed E-state index contributed by atoms with van der Waals surface area (Å²) < 4.78 is 18.8. The first-order chi connectivity index (χ1) is 9.20. The van der Waals surface area contributed by atoms with Crippen molar-refractivity contribution in [1.29, 1.82) is 0 Å². The van der Waals surface area contributed by atoms with Gasteiger partial charge in [-0.25, -0.2) is 4.39 Å². The fourth-order valence-electron chi connectivity index (χ4n) is 1.61. The summed E-state index contributed by atoms with van der Waals surface area (Å²) in [6.07, 6.45) is 0.561. The molecule has 1 aromatic carbocycles. The zero-order valence-corrected chi connectivity index (χ0v) is 11.0. The quantitative estimate of drug-likeness (QED) is 0.837. The molecule has 6 heteroatoms. The molecule has 1 unspecified atom stereocenters. The maximum atomic E-state index is 13.4. The second-order valence-electron chi connectivity index (χ2n) is 4.22. The second kappa shape index (κ2) is 6.29. The number of rotatable bonds is 6. The molecule has 0 aliphatic heterocycles. The van der Waals surface area contributed by atoms with Crippen molar-refractivity contribution >= 4 is 6.01 Å². The van der Waals surface area contributed by atoms with E-state index in [2.05, 4.69) is 20.8 Å². The summed E-state index contributed by atoms with van der Waals surface area (Å²) in [4.78, 5) is 0. The third kappa shape index (κ3) is 3.51. The van der Waals surface area contributed by atoms with Crippen molar-refractivity contribution in [2.24, 2.45) is 0 Å². The van der Waals surface area contributed by atoms with Crippen molar-refractivity contribution < 1.29 is 8.81 Å². The first-order valence-electron chi connectivity index (χ1n) is 6.18. The van der Waals surface area contributed by atoms with E-state index in [1.54, 1.807) is 12.1 Å². The van der Waals surface area contributed by atoms with Crippen LogP contribution in [0.25, 0.3) is 0 Å². The Hall–Kier alpha value is -1.95. The zero-order chi connectivity index (χ0) is 13.7. The summed E-state index contributed by atoms with van der Waals surface area (Å²) >= 11 is 0. The van der Waals surface area contributed by atoms with Crippen molar-refractivity contribution in [3.05, 3.63) is 41.5 Å². The van der Waals surface area contributed by atoms with Crippen LogP contribution in [-0.2, 0) is 6.42 Å². The lowest BCUT2D eigenvalue weighted by atomic mass is 10.1. The highest BCUT2D eigenvalue weighted by molar-refractivity contribution is 5.21. The molecule has 2 rings (SSSR count). The standard InChI is InChI=1S/C13H17FN4O/c1-9(15-2)12-17-18-13(19-12)16-8-7-10-5-3-4-6-11(10)14/h3-6,9,15H,7-8H2,1-2H3,(H,16,18). The van der Waals surface area contributed by atoms with Crippen LogP contribution in [0.3, 0.4) is 0 Å². The first kappa shape index (κ1) is 13.5. The summed E-state index contributed by atoms with van der Waals surface area (Å²) in [6.45, 7) is 2.47. The van der Waals surface area contributed by atoms with Crippen LogP contribution in [0.2, 0.25) is 0 Å². The molecule has 0 radical (unpaired) electrons. The monoisotopic (exact) mass is 264 g/mol. The summed E-state index contributed by atoms with van der Waals surface area (Å²) in [6, 6.07) is 7.07. The molecule has 0 saturated carbocycles. The predicted molar refractivity (Wildman–Crippen MR) is 70.4 cm³/mol. The van der Waals surface area contributed by atoms with Gasteiger partial charge in [-0.05, 0) is 32.0 Å². The van der Waals surface area contributed by atoms with Crippen LogP contribution < -0.4 is 10.6 Å². The van der Waals surface area contributed by atoms with E-state index in [-0.39, 0.29) is 11.9 Å². The van der Waals surface area contributed by atoms with Crippen molar-refractivity contribution in [3.63, 3.8) is 0 Å². The molecule has 19 heavy (non-hydrogen) atoms. The van der Waals surface area contributed by atoms with Gasteiger partial charge in [-0.15, -0.1) is 5.10 Å². The van der Waals surface area contributed by atoms with Gasteiger partial charge in [0.25, 0.3) is 0 Å². The van der Waals surface area contributed by atoms with Crippen molar-refractivity contribution in [1.82, 2.24) is 15.5 Å². The summed E-state index contributed by atoms with van der Waals surface area (Å²) in [7, 11) is 1.82. The van der Waals surface area contributed by atoms with Gasteiger partial charge in [0.15, 0.2) is 0 Å². The van der Waals surface area contributed by atoms with Crippen LogP contribution in [0.4, 0.5) is 10.4 Å². The summed E-state index contributed by atoms with van der Waals surface area (Å²) in [5.41, 5.74) is 0.665. The Balaban J connectivity index is 1.86. The van der Waals surface area contributed by atoms with E-state index < -0.39 is 0 Å². The Morgan fingerprint density at radius 3 is 2.84 bits per heavy atom. The van der Waals surface area contributed by atoms with E-state index >= 15 is 0 Å². The van der Waals surface area contributed by atoms with Gasteiger partial charge in [0, 0.05) is 6.54 Å². The van der Waals surface area contributed by atoms with Crippen molar-refractivity contribution in [3.8, 4) is 0 Å². The summed E-state index contributed by atoms with van der Waals surface area (Å²) in [5, 5.41) is 13.8. The molecule has 0 bridgehead atoms. The van der Waals surface area contributed by atoms with Crippen LogP contribution in [0, 0.1) is 5.82 Å². The second-order valence-corrected chi connectivity index (χ2v) is 4.22. The van der Waals surface area contributed by atoms with Gasteiger partial charge in [0.05, 0.1) is 6.04 Å². The molecule has 1 atom stereocenters. The summed E-state index contributed by atoms with van der Waals surface area (Å²) in [5.74, 6) is 0.329. The van der Waals surface area contributed by atoms with E-state index in [1.807, 2.05) is 20.0 Å². The van der Waals surface area contributed by atoms with Crippen LogP contribution in [-0.4, -0.2) is 23.8 Å². The molecule has 102 valence electrons. The van der Waals surface area contributed by atoms with Gasteiger partial charge in [-0.3, -0.25) is 0 Å². The van der Waals surface area contributed by atoms with Crippen LogP contribution >= 0.6 is 0 Å². The van der Waals surface area contributed by atoms with Crippen LogP contribution in [0.1, 0.15) is 24.4 Å².